The van der Waals surface area contributed by atoms with Gasteiger partial charge in [-0.2, -0.15) is 0 Å². The second-order valence-electron chi connectivity index (χ2n) is 5.97. The molecule has 0 saturated heterocycles. The number of nitrogens with zero attached hydrogens (tertiary/aromatic N) is 1. The number of likely N-dealkylation sites (N-methyl/N-ethyl adjacent to an activating group) is 1. The predicted octanol–water partition coefficient (Wildman–Crippen LogP) is 2.17. The summed E-state index contributed by atoms with van der Waals surface area (Å²) >= 11 is 0. The van der Waals surface area contributed by atoms with E-state index in [1.807, 2.05) is 31.2 Å². The van der Waals surface area contributed by atoms with Crippen molar-refractivity contribution in [2.45, 2.75) is 19.4 Å². The first-order valence-electron chi connectivity index (χ1n) is 8.58. The van der Waals surface area contributed by atoms with E-state index in [1.54, 1.807) is 36.3 Å². The molecule has 26 heavy (non-hydrogen) atoms. The van der Waals surface area contributed by atoms with Crippen LogP contribution >= 0.6 is 0 Å². The van der Waals surface area contributed by atoms with Gasteiger partial charge in [-0.3, -0.25) is 14.5 Å². The van der Waals surface area contributed by atoms with Crippen LogP contribution in [-0.2, 0) is 16.0 Å². The van der Waals surface area contributed by atoms with Gasteiger partial charge in [-0.05, 0) is 42.8 Å². The number of carbonyl (C=O) groups is 2. The van der Waals surface area contributed by atoms with Crippen LogP contribution in [-0.4, -0.2) is 38.1 Å². The highest BCUT2D eigenvalue weighted by atomic mass is 16.5. The van der Waals surface area contributed by atoms with Crippen molar-refractivity contribution in [2.24, 2.45) is 0 Å². The summed E-state index contributed by atoms with van der Waals surface area (Å²) in [6, 6.07) is 14.1. The fraction of sp³-hybridized carbons (Fsp3) is 0.300. The second kappa shape index (κ2) is 7.91. The molecule has 0 aromatic heterocycles. The lowest BCUT2D eigenvalue weighted by Crippen LogP contribution is -2.49. The first-order chi connectivity index (χ1) is 12.6. The number of anilines is 1. The first kappa shape index (κ1) is 17.8. The van der Waals surface area contributed by atoms with Gasteiger partial charge < -0.3 is 14.8 Å². The lowest BCUT2D eigenvalue weighted by Gasteiger charge is -2.24. The molecule has 1 aliphatic heterocycles. The predicted molar refractivity (Wildman–Crippen MR) is 98.6 cm³/mol. The molecular formula is C20H22N2O4. The Morgan fingerprint density at radius 2 is 1.81 bits per heavy atom. The Bertz CT molecular complexity index is 789. The minimum atomic E-state index is -0.542. The van der Waals surface area contributed by atoms with E-state index in [4.69, 9.17) is 9.47 Å². The van der Waals surface area contributed by atoms with Gasteiger partial charge in [-0.15, -0.1) is 0 Å². The number of rotatable bonds is 6. The maximum Gasteiger partial charge on any atom is 0.265 e. The number of amides is 2. The van der Waals surface area contributed by atoms with Crippen LogP contribution in [0.4, 0.5) is 5.69 Å². The van der Waals surface area contributed by atoms with Crippen LogP contribution in [0, 0.1) is 0 Å². The van der Waals surface area contributed by atoms with Crippen molar-refractivity contribution < 1.29 is 19.1 Å². The molecule has 1 heterocycles. The number of fused-ring (bicyclic) bond motifs is 1. The molecular weight excluding hydrogens is 332 g/mol. The monoisotopic (exact) mass is 354 g/mol. The highest BCUT2D eigenvalue weighted by Gasteiger charge is 2.38. The Kier molecular flexibility index (Phi) is 5.41. The number of para-hydroxylation sites is 1. The SMILES string of the molecule is CCNC(=O)C1Cc2ccccc2N1C(=O)COc1ccc(OC)cc1. The molecule has 6 heteroatoms. The number of methoxy groups -OCH3 is 1. The lowest BCUT2D eigenvalue weighted by molar-refractivity contribution is -0.126. The Balaban J connectivity index is 1.74. The maximum absolute atomic E-state index is 12.8. The molecule has 2 amide bonds. The molecule has 0 spiro atoms. The van der Waals surface area contributed by atoms with E-state index in [-0.39, 0.29) is 18.4 Å². The summed E-state index contributed by atoms with van der Waals surface area (Å²) in [6.07, 6.45) is 0.510. The molecule has 3 rings (SSSR count). The van der Waals surface area contributed by atoms with Gasteiger partial charge in [0.25, 0.3) is 5.91 Å². The van der Waals surface area contributed by atoms with Gasteiger partial charge in [-0.1, -0.05) is 18.2 Å². The molecule has 6 nitrogen and oxygen atoms in total. The van der Waals surface area contributed by atoms with Crippen LogP contribution in [0.1, 0.15) is 12.5 Å². The number of hydrogen-bond donors (Lipinski definition) is 1. The Morgan fingerprint density at radius 1 is 1.12 bits per heavy atom. The molecule has 0 fully saturated rings. The van der Waals surface area contributed by atoms with Gasteiger partial charge in [0.2, 0.25) is 5.91 Å². The number of benzene rings is 2. The zero-order valence-corrected chi connectivity index (χ0v) is 14.9. The van der Waals surface area contributed by atoms with Gasteiger partial charge in [0.1, 0.15) is 17.5 Å². The van der Waals surface area contributed by atoms with Crippen LogP contribution in [0.2, 0.25) is 0 Å². The summed E-state index contributed by atoms with van der Waals surface area (Å²) in [4.78, 5) is 26.8. The van der Waals surface area contributed by atoms with Crippen LogP contribution < -0.4 is 19.7 Å². The van der Waals surface area contributed by atoms with Crippen LogP contribution in [0.15, 0.2) is 48.5 Å². The minimum Gasteiger partial charge on any atom is -0.497 e. The molecule has 1 aliphatic rings. The molecule has 1 atom stereocenters. The van der Waals surface area contributed by atoms with Crippen LogP contribution in [0.5, 0.6) is 11.5 Å². The van der Waals surface area contributed by atoms with Crippen molar-refractivity contribution in [3.05, 3.63) is 54.1 Å². The van der Waals surface area contributed by atoms with Gasteiger partial charge in [0.15, 0.2) is 6.61 Å². The maximum atomic E-state index is 12.8. The molecule has 0 bridgehead atoms. The Labute approximate surface area is 152 Å². The fourth-order valence-electron chi connectivity index (χ4n) is 3.08. The summed E-state index contributed by atoms with van der Waals surface area (Å²) in [5.74, 6) is 0.887. The third-order valence-electron chi connectivity index (χ3n) is 4.32. The Morgan fingerprint density at radius 3 is 2.50 bits per heavy atom. The second-order valence-corrected chi connectivity index (χ2v) is 5.97. The van der Waals surface area contributed by atoms with Crippen molar-refractivity contribution >= 4 is 17.5 Å². The summed E-state index contributed by atoms with van der Waals surface area (Å²) in [7, 11) is 1.59. The molecule has 0 aliphatic carbocycles. The molecule has 2 aromatic carbocycles. The van der Waals surface area contributed by atoms with E-state index < -0.39 is 6.04 Å². The zero-order valence-electron chi connectivity index (χ0n) is 14.9. The molecule has 0 radical (unpaired) electrons. The third-order valence-corrected chi connectivity index (χ3v) is 4.32. The quantitative estimate of drug-likeness (QED) is 0.863. The average molecular weight is 354 g/mol. The largest absolute Gasteiger partial charge is 0.497 e. The standard InChI is InChI=1S/C20H22N2O4/c1-3-21-20(24)18-12-14-6-4-5-7-17(14)22(18)19(23)13-26-16-10-8-15(25-2)9-11-16/h4-11,18H,3,12-13H2,1-2H3,(H,21,24). The average Bonchev–Trinajstić information content (AvgIpc) is 3.06. The van der Waals surface area contributed by atoms with Gasteiger partial charge in [0, 0.05) is 18.7 Å². The first-order valence-corrected chi connectivity index (χ1v) is 8.58. The number of ether oxygens (including phenoxy) is 2. The van der Waals surface area contributed by atoms with E-state index in [9.17, 15) is 9.59 Å². The molecule has 136 valence electrons. The van der Waals surface area contributed by atoms with Gasteiger partial charge in [-0.25, -0.2) is 0 Å². The summed E-state index contributed by atoms with van der Waals surface area (Å²) < 4.78 is 10.7. The topological polar surface area (TPSA) is 67.9 Å². The third kappa shape index (κ3) is 3.64. The molecule has 1 unspecified atom stereocenters. The van der Waals surface area contributed by atoms with Crippen molar-refractivity contribution in [1.29, 1.82) is 0 Å². The van der Waals surface area contributed by atoms with Crippen LogP contribution in [0.3, 0.4) is 0 Å². The smallest absolute Gasteiger partial charge is 0.265 e. The van der Waals surface area contributed by atoms with E-state index >= 15 is 0 Å². The molecule has 0 saturated carbocycles. The summed E-state index contributed by atoms with van der Waals surface area (Å²) in [5.41, 5.74) is 1.76. The highest BCUT2D eigenvalue weighted by Crippen LogP contribution is 2.32. The number of hydrogen-bond acceptors (Lipinski definition) is 4. The zero-order chi connectivity index (χ0) is 18.5. The molecule has 1 N–H and O–H groups in total. The van der Waals surface area contributed by atoms with Crippen molar-refractivity contribution in [3.63, 3.8) is 0 Å². The van der Waals surface area contributed by atoms with Gasteiger partial charge in [0.05, 0.1) is 7.11 Å². The van der Waals surface area contributed by atoms with Gasteiger partial charge >= 0.3 is 0 Å². The fourth-order valence-corrected chi connectivity index (χ4v) is 3.08. The summed E-state index contributed by atoms with van der Waals surface area (Å²) in [5, 5.41) is 2.81. The van der Waals surface area contributed by atoms with E-state index in [2.05, 4.69) is 5.32 Å². The van der Waals surface area contributed by atoms with E-state index in [0.29, 0.717) is 24.5 Å². The number of carbonyl (C=O) groups excluding carboxylic acids is 2. The molecule has 2 aromatic rings. The summed E-state index contributed by atoms with van der Waals surface area (Å²) in [6.45, 7) is 2.24. The van der Waals surface area contributed by atoms with Crippen molar-refractivity contribution in [3.8, 4) is 11.5 Å². The minimum absolute atomic E-state index is 0.142. The Hall–Kier alpha value is -3.02. The number of nitrogens with one attached hydrogen (secondary N) is 1. The van der Waals surface area contributed by atoms with Crippen LogP contribution in [0.25, 0.3) is 0 Å². The normalized spacial score (nSPS) is 15.3. The lowest BCUT2D eigenvalue weighted by atomic mass is 10.1. The van der Waals surface area contributed by atoms with Crippen molar-refractivity contribution in [2.75, 3.05) is 25.2 Å². The highest BCUT2D eigenvalue weighted by molar-refractivity contribution is 6.04. The van der Waals surface area contributed by atoms with E-state index in [1.165, 1.54) is 0 Å². The van der Waals surface area contributed by atoms with Crippen molar-refractivity contribution in [1.82, 2.24) is 5.32 Å². The van der Waals surface area contributed by atoms with E-state index in [0.717, 1.165) is 11.3 Å².